The smallest absolute Gasteiger partial charge is 0.239 e. The van der Waals surface area contributed by atoms with Crippen LogP contribution in [0, 0.1) is 0 Å². The van der Waals surface area contributed by atoms with E-state index in [1.807, 2.05) is 12.1 Å². The van der Waals surface area contributed by atoms with Gasteiger partial charge in [0.15, 0.2) is 0 Å². The van der Waals surface area contributed by atoms with E-state index in [1.165, 1.54) is 0 Å². The van der Waals surface area contributed by atoms with Crippen LogP contribution in [-0.2, 0) is 11.2 Å². The molecule has 1 amide bonds. The van der Waals surface area contributed by atoms with Crippen molar-refractivity contribution < 1.29 is 4.79 Å². The SMILES string of the molecule is NC(Cc1ccc(Cl)cc1Cl)C(=O)N1CCN(c2cccc(Cl)n2)CC1. The van der Waals surface area contributed by atoms with Crippen molar-refractivity contribution in [3.8, 4) is 0 Å². The maximum absolute atomic E-state index is 12.7. The molecule has 1 fully saturated rings. The van der Waals surface area contributed by atoms with E-state index in [0.29, 0.717) is 47.8 Å². The first-order valence-corrected chi connectivity index (χ1v) is 9.43. The predicted molar refractivity (Wildman–Crippen MR) is 106 cm³/mol. The molecule has 138 valence electrons. The van der Waals surface area contributed by atoms with Gasteiger partial charge >= 0.3 is 0 Å². The number of amides is 1. The summed E-state index contributed by atoms with van der Waals surface area (Å²) in [6.45, 7) is 2.56. The molecule has 2 N–H and O–H groups in total. The zero-order valence-electron chi connectivity index (χ0n) is 14.0. The van der Waals surface area contributed by atoms with Gasteiger partial charge in [-0.25, -0.2) is 4.98 Å². The van der Waals surface area contributed by atoms with Crippen LogP contribution in [0.15, 0.2) is 36.4 Å². The third-order valence-electron chi connectivity index (χ3n) is 4.39. The Morgan fingerprint density at radius 1 is 1.12 bits per heavy atom. The third kappa shape index (κ3) is 4.60. The molecular weight excluding hydrogens is 395 g/mol. The second-order valence-electron chi connectivity index (χ2n) is 6.18. The molecule has 0 radical (unpaired) electrons. The maximum atomic E-state index is 12.7. The number of carbonyl (C=O) groups excluding carboxylic acids is 1. The first-order chi connectivity index (χ1) is 12.4. The number of anilines is 1. The van der Waals surface area contributed by atoms with Gasteiger partial charge in [-0.05, 0) is 36.2 Å². The van der Waals surface area contributed by atoms with Gasteiger partial charge in [0.1, 0.15) is 11.0 Å². The molecule has 1 aromatic carbocycles. The van der Waals surface area contributed by atoms with Crippen LogP contribution in [0.1, 0.15) is 5.56 Å². The zero-order chi connectivity index (χ0) is 18.7. The van der Waals surface area contributed by atoms with Crippen LogP contribution >= 0.6 is 34.8 Å². The van der Waals surface area contributed by atoms with E-state index in [1.54, 1.807) is 29.2 Å². The minimum absolute atomic E-state index is 0.0743. The molecule has 1 atom stereocenters. The van der Waals surface area contributed by atoms with Gasteiger partial charge in [-0.15, -0.1) is 0 Å². The summed E-state index contributed by atoms with van der Waals surface area (Å²) in [5.41, 5.74) is 6.94. The molecule has 1 saturated heterocycles. The highest BCUT2D eigenvalue weighted by atomic mass is 35.5. The van der Waals surface area contributed by atoms with Crippen molar-refractivity contribution in [2.75, 3.05) is 31.1 Å². The van der Waals surface area contributed by atoms with Gasteiger partial charge in [0.05, 0.1) is 6.04 Å². The van der Waals surface area contributed by atoms with E-state index >= 15 is 0 Å². The summed E-state index contributed by atoms with van der Waals surface area (Å²) in [4.78, 5) is 20.9. The summed E-state index contributed by atoms with van der Waals surface area (Å²) in [6, 6.07) is 10.1. The first kappa shape index (κ1) is 19.2. The fourth-order valence-electron chi connectivity index (χ4n) is 2.98. The highest BCUT2D eigenvalue weighted by Gasteiger charge is 2.26. The van der Waals surface area contributed by atoms with Gasteiger partial charge in [0.25, 0.3) is 0 Å². The van der Waals surface area contributed by atoms with Crippen molar-refractivity contribution in [1.29, 1.82) is 0 Å². The Morgan fingerprint density at radius 3 is 2.50 bits per heavy atom. The molecule has 1 aliphatic rings. The van der Waals surface area contributed by atoms with E-state index in [4.69, 9.17) is 40.5 Å². The zero-order valence-corrected chi connectivity index (χ0v) is 16.3. The van der Waals surface area contributed by atoms with Gasteiger partial charge in [0, 0.05) is 36.2 Å². The second-order valence-corrected chi connectivity index (χ2v) is 7.41. The lowest BCUT2D eigenvalue weighted by Crippen LogP contribution is -2.53. The number of pyridine rings is 1. The average Bonchev–Trinajstić information content (AvgIpc) is 2.63. The van der Waals surface area contributed by atoms with Gasteiger partial charge in [-0.2, -0.15) is 0 Å². The lowest BCUT2D eigenvalue weighted by molar-refractivity contribution is -0.132. The van der Waals surface area contributed by atoms with Gasteiger partial charge in [0.2, 0.25) is 5.91 Å². The Bertz CT molecular complexity index is 794. The summed E-state index contributed by atoms with van der Waals surface area (Å²) in [5.74, 6) is 0.747. The molecule has 0 aliphatic carbocycles. The Labute approximate surface area is 167 Å². The first-order valence-electron chi connectivity index (χ1n) is 8.30. The summed E-state index contributed by atoms with van der Waals surface area (Å²) in [6.07, 6.45) is 0.380. The minimum atomic E-state index is -0.635. The van der Waals surface area contributed by atoms with Gasteiger partial charge in [-0.3, -0.25) is 4.79 Å². The molecule has 8 heteroatoms. The number of hydrogen-bond acceptors (Lipinski definition) is 4. The number of halogens is 3. The Kier molecular flexibility index (Phi) is 6.24. The maximum Gasteiger partial charge on any atom is 0.239 e. The van der Waals surface area contributed by atoms with Crippen LogP contribution < -0.4 is 10.6 Å². The standard InChI is InChI=1S/C18H19Cl3N4O/c19-13-5-4-12(14(20)11-13)10-15(22)18(26)25-8-6-24(7-9-25)17-3-1-2-16(21)23-17/h1-5,11,15H,6-10,22H2. The van der Waals surface area contributed by atoms with E-state index < -0.39 is 6.04 Å². The summed E-state index contributed by atoms with van der Waals surface area (Å²) < 4.78 is 0. The van der Waals surface area contributed by atoms with Gasteiger partial charge in [-0.1, -0.05) is 46.9 Å². The number of rotatable bonds is 4. The Morgan fingerprint density at radius 2 is 1.85 bits per heavy atom. The van der Waals surface area contributed by atoms with Crippen molar-refractivity contribution in [1.82, 2.24) is 9.88 Å². The van der Waals surface area contributed by atoms with Crippen LogP contribution in [0.3, 0.4) is 0 Å². The van der Waals surface area contributed by atoms with E-state index in [9.17, 15) is 4.79 Å². The molecule has 0 spiro atoms. The Balaban J connectivity index is 1.57. The van der Waals surface area contributed by atoms with Crippen LogP contribution in [0.5, 0.6) is 0 Å². The van der Waals surface area contributed by atoms with Gasteiger partial charge < -0.3 is 15.5 Å². The van der Waals surface area contributed by atoms with E-state index in [0.717, 1.165) is 11.4 Å². The summed E-state index contributed by atoms with van der Waals surface area (Å²) in [5, 5.41) is 1.55. The number of nitrogens with two attached hydrogens (primary N) is 1. The Hall–Kier alpha value is -1.53. The summed E-state index contributed by atoms with van der Waals surface area (Å²) in [7, 11) is 0. The molecule has 26 heavy (non-hydrogen) atoms. The largest absolute Gasteiger partial charge is 0.353 e. The normalized spacial score (nSPS) is 15.8. The fourth-order valence-corrected chi connectivity index (χ4v) is 3.62. The highest BCUT2D eigenvalue weighted by molar-refractivity contribution is 6.35. The minimum Gasteiger partial charge on any atom is -0.353 e. The lowest BCUT2D eigenvalue weighted by Gasteiger charge is -2.36. The summed E-state index contributed by atoms with van der Waals surface area (Å²) >= 11 is 18.0. The van der Waals surface area contributed by atoms with E-state index in [-0.39, 0.29) is 5.91 Å². The molecule has 2 heterocycles. The average molecular weight is 414 g/mol. The van der Waals surface area contributed by atoms with E-state index in [2.05, 4.69) is 9.88 Å². The van der Waals surface area contributed by atoms with Crippen molar-refractivity contribution in [2.24, 2.45) is 5.73 Å². The van der Waals surface area contributed by atoms with Crippen molar-refractivity contribution in [2.45, 2.75) is 12.5 Å². The second kappa shape index (κ2) is 8.44. The van der Waals surface area contributed by atoms with Crippen LogP contribution in [0.2, 0.25) is 15.2 Å². The fraction of sp³-hybridized carbons (Fsp3) is 0.333. The lowest BCUT2D eigenvalue weighted by atomic mass is 10.1. The molecule has 0 bridgehead atoms. The number of aromatic nitrogens is 1. The molecule has 1 unspecified atom stereocenters. The molecular formula is C18H19Cl3N4O. The molecule has 2 aromatic rings. The number of benzene rings is 1. The van der Waals surface area contributed by atoms with Crippen LogP contribution in [0.25, 0.3) is 0 Å². The predicted octanol–water partition coefficient (Wildman–Crippen LogP) is 3.26. The molecule has 1 aromatic heterocycles. The van der Waals surface area contributed by atoms with Crippen LogP contribution in [0.4, 0.5) is 5.82 Å². The molecule has 3 rings (SSSR count). The third-order valence-corrected chi connectivity index (χ3v) is 5.19. The van der Waals surface area contributed by atoms with Crippen molar-refractivity contribution in [3.05, 3.63) is 57.2 Å². The topological polar surface area (TPSA) is 62.5 Å². The number of carbonyl (C=O) groups is 1. The van der Waals surface area contributed by atoms with Crippen molar-refractivity contribution in [3.63, 3.8) is 0 Å². The van der Waals surface area contributed by atoms with Crippen LogP contribution in [-0.4, -0.2) is 48.0 Å². The number of nitrogens with zero attached hydrogens (tertiary/aromatic N) is 3. The molecule has 0 saturated carbocycles. The number of hydrogen-bond donors (Lipinski definition) is 1. The number of piperazine rings is 1. The highest BCUT2D eigenvalue weighted by Crippen LogP contribution is 2.22. The van der Waals surface area contributed by atoms with Crippen molar-refractivity contribution >= 4 is 46.5 Å². The molecule has 5 nitrogen and oxygen atoms in total. The quantitative estimate of drug-likeness (QED) is 0.782. The monoisotopic (exact) mass is 412 g/mol. The molecule has 1 aliphatic heterocycles.